The minimum absolute atomic E-state index is 0.189. The molecule has 0 unspecified atom stereocenters. The SMILES string of the molecule is CNC(=O)[C@H](CC(C)C)NC(=O)c1csc(-c2ccccc2)n1. The van der Waals surface area contributed by atoms with Crippen LogP contribution in [0.2, 0.25) is 0 Å². The Balaban J connectivity index is 2.11. The van der Waals surface area contributed by atoms with Crippen molar-refractivity contribution in [1.29, 1.82) is 0 Å². The Bertz CT molecular complexity index is 667. The van der Waals surface area contributed by atoms with Crippen molar-refractivity contribution in [3.63, 3.8) is 0 Å². The number of amides is 2. The van der Waals surface area contributed by atoms with Gasteiger partial charge < -0.3 is 10.6 Å². The van der Waals surface area contributed by atoms with Gasteiger partial charge in [0.05, 0.1) is 0 Å². The maximum atomic E-state index is 12.4. The summed E-state index contributed by atoms with van der Waals surface area (Å²) in [6.07, 6.45) is 0.584. The zero-order chi connectivity index (χ0) is 16.8. The zero-order valence-corrected chi connectivity index (χ0v) is 14.3. The number of carbonyl (C=O) groups excluding carboxylic acids is 2. The van der Waals surface area contributed by atoms with Crippen molar-refractivity contribution in [2.45, 2.75) is 26.3 Å². The van der Waals surface area contributed by atoms with Gasteiger partial charge in [0, 0.05) is 18.0 Å². The predicted octanol–water partition coefficient (Wildman–Crippen LogP) is 2.70. The fourth-order valence-corrected chi connectivity index (χ4v) is 3.01. The molecule has 6 heteroatoms. The number of hydrogen-bond donors (Lipinski definition) is 2. The lowest BCUT2D eigenvalue weighted by molar-refractivity contribution is -0.122. The van der Waals surface area contributed by atoms with Gasteiger partial charge in [0.15, 0.2) is 0 Å². The Morgan fingerprint density at radius 2 is 1.91 bits per heavy atom. The fraction of sp³-hybridized carbons (Fsp3) is 0.353. The first-order valence-electron chi connectivity index (χ1n) is 7.54. The first kappa shape index (κ1) is 17.1. The number of thiazole rings is 1. The first-order valence-corrected chi connectivity index (χ1v) is 8.42. The van der Waals surface area contributed by atoms with Gasteiger partial charge in [-0.25, -0.2) is 4.98 Å². The highest BCUT2D eigenvalue weighted by Gasteiger charge is 2.22. The average Bonchev–Trinajstić information content (AvgIpc) is 3.04. The number of aromatic nitrogens is 1. The van der Waals surface area contributed by atoms with E-state index in [1.54, 1.807) is 12.4 Å². The number of carbonyl (C=O) groups is 2. The molecule has 0 saturated carbocycles. The van der Waals surface area contributed by atoms with Gasteiger partial charge in [0.2, 0.25) is 5.91 Å². The number of benzene rings is 1. The molecule has 0 aliphatic rings. The van der Waals surface area contributed by atoms with E-state index in [0.29, 0.717) is 18.0 Å². The van der Waals surface area contributed by atoms with E-state index in [1.165, 1.54) is 11.3 Å². The molecule has 1 aromatic carbocycles. The summed E-state index contributed by atoms with van der Waals surface area (Å²) >= 11 is 1.41. The van der Waals surface area contributed by atoms with Crippen LogP contribution in [0.1, 0.15) is 30.8 Å². The Hall–Kier alpha value is -2.21. The van der Waals surface area contributed by atoms with E-state index in [4.69, 9.17) is 0 Å². The molecule has 0 aliphatic heterocycles. The predicted molar refractivity (Wildman–Crippen MR) is 92.3 cm³/mol. The van der Waals surface area contributed by atoms with E-state index >= 15 is 0 Å². The van der Waals surface area contributed by atoms with E-state index in [-0.39, 0.29) is 11.8 Å². The monoisotopic (exact) mass is 331 g/mol. The lowest BCUT2D eigenvalue weighted by Gasteiger charge is -2.18. The quantitative estimate of drug-likeness (QED) is 0.855. The molecule has 1 atom stereocenters. The standard InChI is InChI=1S/C17H21N3O2S/c1-11(2)9-13(15(21)18-3)19-16(22)14-10-23-17(20-14)12-7-5-4-6-8-12/h4-8,10-11,13H,9H2,1-3H3,(H,18,21)(H,19,22)/t13-/m0/s1. The molecule has 23 heavy (non-hydrogen) atoms. The molecule has 0 radical (unpaired) electrons. The van der Waals surface area contributed by atoms with Gasteiger partial charge in [-0.3, -0.25) is 9.59 Å². The molecule has 5 nitrogen and oxygen atoms in total. The van der Waals surface area contributed by atoms with Crippen molar-refractivity contribution in [3.05, 3.63) is 41.4 Å². The van der Waals surface area contributed by atoms with Gasteiger partial charge >= 0.3 is 0 Å². The minimum Gasteiger partial charge on any atom is -0.357 e. The Kier molecular flexibility index (Phi) is 5.87. The minimum atomic E-state index is -0.547. The van der Waals surface area contributed by atoms with Crippen LogP contribution in [0.25, 0.3) is 10.6 Å². The number of likely N-dealkylation sites (N-methyl/N-ethyl adjacent to an activating group) is 1. The normalized spacial score (nSPS) is 12.0. The van der Waals surface area contributed by atoms with E-state index in [1.807, 2.05) is 44.2 Å². The third-order valence-electron chi connectivity index (χ3n) is 3.33. The maximum absolute atomic E-state index is 12.4. The molecule has 0 bridgehead atoms. The smallest absolute Gasteiger partial charge is 0.271 e. The lowest BCUT2D eigenvalue weighted by Crippen LogP contribution is -2.46. The molecule has 122 valence electrons. The second kappa shape index (κ2) is 7.87. The first-order chi connectivity index (χ1) is 11.0. The van der Waals surface area contributed by atoms with E-state index in [2.05, 4.69) is 15.6 Å². The van der Waals surface area contributed by atoms with Crippen LogP contribution >= 0.6 is 11.3 Å². The summed E-state index contributed by atoms with van der Waals surface area (Å²) in [5.41, 5.74) is 1.31. The summed E-state index contributed by atoms with van der Waals surface area (Å²) in [7, 11) is 1.57. The second-order valence-corrected chi connectivity index (χ2v) is 6.53. The number of nitrogens with zero attached hydrogens (tertiary/aromatic N) is 1. The van der Waals surface area contributed by atoms with Crippen LogP contribution in [-0.4, -0.2) is 29.9 Å². The molecular formula is C17H21N3O2S. The number of rotatable bonds is 6. The van der Waals surface area contributed by atoms with Gasteiger partial charge in [0.1, 0.15) is 16.7 Å². The molecule has 1 aromatic heterocycles. The summed E-state index contributed by atoms with van der Waals surface area (Å²) in [6.45, 7) is 4.02. The molecular weight excluding hydrogens is 310 g/mol. The van der Waals surface area contributed by atoms with Crippen LogP contribution in [0, 0.1) is 5.92 Å². The summed E-state index contributed by atoms with van der Waals surface area (Å²) in [4.78, 5) is 28.6. The molecule has 0 spiro atoms. The third-order valence-corrected chi connectivity index (χ3v) is 4.22. The van der Waals surface area contributed by atoms with Crippen molar-refractivity contribution < 1.29 is 9.59 Å². The molecule has 0 saturated heterocycles. The summed E-state index contributed by atoms with van der Waals surface area (Å²) in [5, 5.41) is 7.86. The second-order valence-electron chi connectivity index (χ2n) is 5.67. The number of nitrogens with one attached hydrogen (secondary N) is 2. The average molecular weight is 331 g/mol. The van der Waals surface area contributed by atoms with Crippen LogP contribution in [0.5, 0.6) is 0 Å². The zero-order valence-electron chi connectivity index (χ0n) is 13.5. The van der Waals surface area contributed by atoms with Gasteiger partial charge in [0.25, 0.3) is 5.91 Å². The topological polar surface area (TPSA) is 71.1 Å². The maximum Gasteiger partial charge on any atom is 0.271 e. The molecule has 0 aliphatic carbocycles. The van der Waals surface area contributed by atoms with Gasteiger partial charge in [-0.15, -0.1) is 11.3 Å². The molecule has 0 fully saturated rings. The van der Waals surface area contributed by atoms with E-state index in [0.717, 1.165) is 10.6 Å². The molecule has 2 rings (SSSR count). The molecule has 2 N–H and O–H groups in total. The van der Waals surface area contributed by atoms with Crippen molar-refractivity contribution in [2.24, 2.45) is 5.92 Å². The molecule has 2 amide bonds. The van der Waals surface area contributed by atoms with Crippen molar-refractivity contribution in [3.8, 4) is 10.6 Å². The van der Waals surface area contributed by atoms with E-state index < -0.39 is 6.04 Å². The van der Waals surface area contributed by atoms with Crippen LogP contribution < -0.4 is 10.6 Å². The Labute approximate surface area is 140 Å². The van der Waals surface area contributed by atoms with Crippen molar-refractivity contribution in [1.82, 2.24) is 15.6 Å². The largest absolute Gasteiger partial charge is 0.357 e. The Morgan fingerprint density at radius 1 is 1.22 bits per heavy atom. The molecule has 1 heterocycles. The van der Waals surface area contributed by atoms with E-state index in [9.17, 15) is 9.59 Å². The Morgan fingerprint density at radius 3 is 2.52 bits per heavy atom. The van der Waals surface area contributed by atoms with Crippen LogP contribution in [0.4, 0.5) is 0 Å². The van der Waals surface area contributed by atoms with Crippen LogP contribution in [0.15, 0.2) is 35.7 Å². The highest BCUT2D eigenvalue weighted by atomic mass is 32.1. The third kappa shape index (κ3) is 4.63. The summed E-state index contributed by atoms with van der Waals surface area (Å²) < 4.78 is 0. The van der Waals surface area contributed by atoms with Gasteiger partial charge in [-0.2, -0.15) is 0 Å². The van der Waals surface area contributed by atoms with Crippen molar-refractivity contribution >= 4 is 23.2 Å². The van der Waals surface area contributed by atoms with Crippen molar-refractivity contribution in [2.75, 3.05) is 7.05 Å². The summed E-state index contributed by atoms with van der Waals surface area (Å²) in [6, 6.07) is 9.15. The highest BCUT2D eigenvalue weighted by Crippen LogP contribution is 2.23. The molecule has 2 aromatic rings. The van der Waals surface area contributed by atoms with Crippen LogP contribution in [0.3, 0.4) is 0 Å². The fourth-order valence-electron chi connectivity index (χ4n) is 2.20. The van der Waals surface area contributed by atoms with Gasteiger partial charge in [-0.05, 0) is 12.3 Å². The summed E-state index contributed by atoms with van der Waals surface area (Å²) in [5.74, 6) is -0.212. The van der Waals surface area contributed by atoms with Crippen LogP contribution in [-0.2, 0) is 4.79 Å². The lowest BCUT2D eigenvalue weighted by atomic mass is 10.0. The highest BCUT2D eigenvalue weighted by molar-refractivity contribution is 7.13. The number of hydrogen-bond acceptors (Lipinski definition) is 4. The van der Waals surface area contributed by atoms with Gasteiger partial charge in [-0.1, -0.05) is 44.2 Å².